The van der Waals surface area contributed by atoms with E-state index in [2.05, 4.69) is 31.2 Å². The van der Waals surface area contributed by atoms with E-state index in [9.17, 15) is 13.2 Å². The van der Waals surface area contributed by atoms with Crippen molar-refractivity contribution >= 4 is 11.5 Å². The van der Waals surface area contributed by atoms with Gasteiger partial charge in [-0.2, -0.15) is 13.2 Å². The molecule has 2 aromatic heterocycles. The molecule has 1 saturated heterocycles. The zero-order valence-electron chi connectivity index (χ0n) is 16.4. The van der Waals surface area contributed by atoms with Gasteiger partial charge in [0.15, 0.2) is 11.5 Å². The lowest BCUT2D eigenvalue weighted by Gasteiger charge is -2.30. The maximum atomic E-state index is 13.4. The average Bonchev–Trinajstić information content (AvgIpc) is 2.78. The Morgan fingerprint density at radius 1 is 0.967 bits per heavy atom. The highest BCUT2D eigenvalue weighted by Gasteiger charge is 2.34. The second-order valence-electron chi connectivity index (χ2n) is 7.23. The number of hydrogen-bond donors (Lipinski definition) is 1. The summed E-state index contributed by atoms with van der Waals surface area (Å²) in [6.07, 6.45) is 1.96. The van der Waals surface area contributed by atoms with Crippen LogP contribution in [0.5, 0.6) is 0 Å². The van der Waals surface area contributed by atoms with Crippen LogP contribution in [0.3, 0.4) is 0 Å². The summed E-state index contributed by atoms with van der Waals surface area (Å²) in [5.41, 5.74) is 1.58. The predicted octanol–water partition coefficient (Wildman–Crippen LogP) is 5.16. The monoisotopic (exact) mass is 413 g/mol. The quantitative estimate of drug-likeness (QED) is 0.626. The first-order valence-electron chi connectivity index (χ1n) is 9.94. The second kappa shape index (κ2) is 8.69. The first kappa shape index (κ1) is 20.1. The number of para-hydroxylation sites is 1. The molecule has 0 aliphatic carbocycles. The predicted molar refractivity (Wildman–Crippen MR) is 110 cm³/mol. The molecular formula is C22H22F3N5. The van der Waals surface area contributed by atoms with Crippen molar-refractivity contribution in [3.63, 3.8) is 0 Å². The Kier molecular flexibility index (Phi) is 5.83. The Balaban J connectivity index is 1.61. The van der Waals surface area contributed by atoms with Crippen molar-refractivity contribution in [3.8, 4) is 11.4 Å². The molecule has 0 amide bonds. The lowest BCUT2D eigenvalue weighted by atomic mass is 10.1. The maximum absolute atomic E-state index is 13.4. The number of piperidine rings is 1. The molecule has 1 aliphatic heterocycles. The van der Waals surface area contributed by atoms with Crippen molar-refractivity contribution in [2.75, 3.05) is 23.3 Å². The van der Waals surface area contributed by atoms with E-state index in [-0.39, 0.29) is 11.6 Å². The zero-order chi connectivity index (χ0) is 21.0. The van der Waals surface area contributed by atoms with Crippen molar-refractivity contribution < 1.29 is 13.2 Å². The Bertz CT molecular complexity index is 986. The Morgan fingerprint density at radius 2 is 1.77 bits per heavy atom. The zero-order valence-corrected chi connectivity index (χ0v) is 16.4. The third kappa shape index (κ3) is 4.69. The van der Waals surface area contributed by atoms with Gasteiger partial charge in [0.1, 0.15) is 5.82 Å². The molecule has 3 aromatic rings. The molecule has 0 atom stereocenters. The molecule has 4 rings (SSSR count). The van der Waals surface area contributed by atoms with Gasteiger partial charge in [0.05, 0.1) is 0 Å². The number of aromatic nitrogens is 3. The van der Waals surface area contributed by atoms with E-state index in [1.807, 2.05) is 18.2 Å². The van der Waals surface area contributed by atoms with Crippen molar-refractivity contribution in [2.24, 2.45) is 0 Å². The van der Waals surface area contributed by atoms with Crippen LogP contribution in [0.15, 0.2) is 54.9 Å². The summed E-state index contributed by atoms with van der Waals surface area (Å²) < 4.78 is 40.2. The van der Waals surface area contributed by atoms with E-state index in [4.69, 9.17) is 0 Å². The molecule has 0 spiro atoms. The van der Waals surface area contributed by atoms with Crippen LogP contribution in [0.1, 0.15) is 30.5 Å². The number of hydrogen-bond acceptors (Lipinski definition) is 5. The molecule has 0 unspecified atom stereocenters. The summed E-state index contributed by atoms with van der Waals surface area (Å²) in [4.78, 5) is 14.3. The Hall–Kier alpha value is -3.16. The summed E-state index contributed by atoms with van der Waals surface area (Å²) in [7, 11) is 0. The van der Waals surface area contributed by atoms with Gasteiger partial charge in [0.25, 0.3) is 0 Å². The molecule has 3 heterocycles. The SMILES string of the molecule is FC(F)(F)c1cc(NCc2ccccc2N2CCCCC2)nc(-c2cccnc2)n1. The lowest BCUT2D eigenvalue weighted by Crippen LogP contribution is -2.30. The lowest BCUT2D eigenvalue weighted by molar-refractivity contribution is -0.141. The summed E-state index contributed by atoms with van der Waals surface area (Å²) in [5, 5.41) is 3.06. The highest BCUT2D eigenvalue weighted by Crippen LogP contribution is 2.31. The summed E-state index contributed by atoms with van der Waals surface area (Å²) in [5.74, 6) is 0.120. The molecule has 0 radical (unpaired) electrons. The van der Waals surface area contributed by atoms with Crippen LogP contribution in [0.2, 0.25) is 0 Å². The summed E-state index contributed by atoms with van der Waals surface area (Å²) in [6, 6.07) is 12.2. The number of nitrogens with one attached hydrogen (secondary N) is 1. The Labute approximate surface area is 173 Å². The number of benzene rings is 1. The minimum absolute atomic E-state index is 0.00950. The maximum Gasteiger partial charge on any atom is 0.433 e. The number of anilines is 2. The van der Waals surface area contributed by atoms with E-state index < -0.39 is 11.9 Å². The molecule has 1 N–H and O–H groups in total. The van der Waals surface area contributed by atoms with E-state index in [0.29, 0.717) is 12.1 Å². The van der Waals surface area contributed by atoms with Crippen molar-refractivity contribution in [2.45, 2.75) is 32.0 Å². The number of alkyl halides is 3. The van der Waals surface area contributed by atoms with E-state index >= 15 is 0 Å². The number of rotatable bonds is 5. The average molecular weight is 413 g/mol. The normalized spacial score (nSPS) is 14.6. The van der Waals surface area contributed by atoms with Crippen molar-refractivity contribution in [1.29, 1.82) is 0 Å². The fourth-order valence-electron chi connectivity index (χ4n) is 3.60. The number of pyridine rings is 1. The minimum Gasteiger partial charge on any atom is -0.371 e. The van der Waals surface area contributed by atoms with Gasteiger partial charge in [-0.15, -0.1) is 0 Å². The highest BCUT2D eigenvalue weighted by atomic mass is 19.4. The molecule has 5 nitrogen and oxygen atoms in total. The van der Waals surface area contributed by atoms with Crippen LogP contribution in [0, 0.1) is 0 Å². The van der Waals surface area contributed by atoms with Crippen LogP contribution in [0.25, 0.3) is 11.4 Å². The highest BCUT2D eigenvalue weighted by molar-refractivity contribution is 5.58. The van der Waals surface area contributed by atoms with Gasteiger partial charge in [0.2, 0.25) is 0 Å². The number of nitrogens with zero attached hydrogens (tertiary/aromatic N) is 4. The van der Waals surface area contributed by atoms with E-state index in [1.165, 1.54) is 12.6 Å². The minimum atomic E-state index is -4.57. The van der Waals surface area contributed by atoms with Gasteiger partial charge in [-0.05, 0) is 43.0 Å². The first-order valence-corrected chi connectivity index (χ1v) is 9.94. The van der Waals surface area contributed by atoms with Gasteiger partial charge in [-0.25, -0.2) is 9.97 Å². The third-order valence-electron chi connectivity index (χ3n) is 5.08. The van der Waals surface area contributed by atoms with E-state index in [1.54, 1.807) is 18.3 Å². The van der Waals surface area contributed by atoms with Crippen LogP contribution < -0.4 is 10.2 Å². The molecule has 30 heavy (non-hydrogen) atoms. The van der Waals surface area contributed by atoms with Crippen LogP contribution in [-0.4, -0.2) is 28.0 Å². The van der Waals surface area contributed by atoms with Gasteiger partial charge in [-0.1, -0.05) is 18.2 Å². The van der Waals surface area contributed by atoms with Gasteiger partial charge in [0, 0.05) is 49.3 Å². The smallest absolute Gasteiger partial charge is 0.371 e. The fourth-order valence-corrected chi connectivity index (χ4v) is 3.60. The Morgan fingerprint density at radius 3 is 2.50 bits per heavy atom. The molecule has 1 aromatic carbocycles. The second-order valence-corrected chi connectivity index (χ2v) is 7.23. The molecule has 1 fully saturated rings. The molecule has 156 valence electrons. The van der Waals surface area contributed by atoms with E-state index in [0.717, 1.165) is 43.2 Å². The van der Waals surface area contributed by atoms with Crippen molar-refractivity contribution in [1.82, 2.24) is 15.0 Å². The molecule has 8 heteroatoms. The van der Waals surface area contributed by atoms with Gasteiger partial charge >= 0.3 is 6.18 Å². The molecule has 0 bridgehead atoms. The van der Waals surface area contributed by atoms with Gasteiger partial charge in [-0.3, -0.25) is 4.98 Å². The summed E-state index contributed by atoms with van der Waals surface area (Å²) in [6.45, 7) is 2.36. The topological polar surface area (TPSA) is 53.9 Å². The van der Waals surface area contributed by atoms with Gasteiger partial charge < -0.3 is 10.2 Å². The molecular weight excluding hydrogens is 391 g/mol. The summed E-state index contributed by atoms with van der Waals surface area (Å²) >= 11 is 0. The standard InChI is InChI=1S/C22H22F3N5/c23-22(24,25)19-13-20(29-21(28-19)17-8-6-10-26-14-17)27-15-16-7-2-3-9-18(16)30-11-4-1-5-12-30/h2-3,6-10,13-14H,1,4-5,11-12,15H2,(H,27,28,29). The molecule has 1 aliphatic rings. The van der Waals surface area contributed by atoms with Crippen LogP contribution >= 0.6 is 0 Å². The van der Waals surface area contributed by atoms with Crippen LogP contribution in [-0.2, 0) is 12.7 Å². The van der Waals surface area contributed by atoms with Crippen molar-refractivity contribution in [3.05, 3.63) is 66.1 Å². The third-order valence-corrected chi connectivity index (χ3v) is 5.08. The number of halogens is 3. The largest absolute Gasteiger partial charge is 0.433 e. The van der Waals surface area contributed by atoms with Crippen LogP contribution in [0.4, 0.5) is 24.7 Å². The molecule has 0 saturated carbocycles. The fraction of sp³-hybridized carbons (Fsp3) is 0.318. The first-order chi connectivity index (χ1) is 14.5.